The van der Waals surface area contributed by atoms with Gasteiger partial charge in [0.15, 0.2) is 9.84 Å². The van der Waals surface area contributed by atoms with Crippen molar-refractivity contribution >= 4 is 21.7 Å². The number of benzene rings is 1. The fourth-order valence-corrected chi connectivity index (χ4v) is 2.36. The summed E-state index contributed by atoms with van der Waals surface area (Å²) in [6, 6.07) is 4.27. The number of fused-ring (bicyclic) bond motifs is 1. The first-order chi connectivity index (χ1) is 7.80. The van der Waals surface area contributed by atoms with Gasteiger partial charge in [-0.2, -0.15) is 0 Å². The summed E-state index contributed by atoms with van der Waals surface area (Å²) in [5.41, 5.74) is 0.862. The molecule has 1 aromatic rings. The normalized spacial score (nSPS) is 16.0. The van der Waals surface area contributed by atoms with Gasteiger partial charge in [0.25, 0.3) is 5.91 Å². The van der Waals surface area contributed by atoms with Gasteiger partial charge in [-0.05, 0) is 17.7 Å². The van der Waals surface area contributed by atoms with E-state index in [1.54, 1.807) is 0 Å². The summed E-state index contributed by atoms with van der Waals surface area (Å²) in [6.07, 6.45) is 1.21. The molecule has 0 atom stereocenters. The molecule has 2 rings (SSSR count). The molecule has 0 unspecified atom stereocenters. The number of sulfone groups is 1. The molecule has 1 aromatic carbocycles. The molecule has 0 N–H and O–H groups in total. The number of carbonyl (C=O) groups excluding carboxylic acids is 2. The Labute approximate surface area is 99.0 Å². The predicted octanol–water partition coefficient (Wildman–Crippen LogP) is 0.245. The topological polar surface area (TPSA) is 71.5 Å². The van der Waals surface area contributed by atoms with Crippen LogP contribution in [0.4, 0.5) is 0 Å². The lowest BCUT2D eigenvalue weighted by molar-refractivity contribution is -0.127. The van der Waals surface area contributed by atoms with Crippen LogP contribution in [0.1, 0.15) is 15.9 Å². The lowest BCUT2D eigenvalue weighted by Crippen LogP contribution is -2.39. The van der Waals surface area contributed by atoms with Crippen molar-refractivity contribution in [3.05, 3.63) is 29.3 Å². The van der Waals surface area contributed by atoms with E-state index in [1.165, 1.54) is 25.2 Å². The molecule has 1 aliphatic rings. The Bertz CT molecular complexity index is 618. The van der Waals surface area contributed by atoms with Gasteiger partial charge in [-0.25, -0.2) is 8.42 Å². The minimum absolute atomic E-state index is 0.0901. The first-order valence-corrected chi connectivity index (χ1v) is 6.83. The van der Waals surface area contributed by atoms with Gasteiger partial charge < -0.3 is 0 Å². The summed E-state index contributed by atoms with van der Waals surface area (Å²) in [6.45, 7) is 0. The molecule has 5 nitrogen and oxygen atoms in total. The van der Waals surface area contributed by atoms with Gasteiger partial charge in [0.05, 0.1) is 11.3 Å². The van der Waals surface area contributed by atoms with Gasteiger partial charge in [-0.15, -0.1) is 0 Å². The molecular formula is C11H11NO4S. The van der Waals surface area contributed by atoms with Crippen LogP contribution in [0, 0.1) is 0 Å². The molecule has 0 aliphatic carbocycles. The molecule has 0 spiro atoms. The minimum atomic E-state index is -3.35. The summed E-state index contributed by atoms with van der Waals surface area (Å²) >= 11 is 0. The van der Waals surface area contributed by atoms with Gasteiger partial charge in [0.2, 0.25) is 5.91 Å². The summed E-state index contributed by atoms with van der Waals surface area (Å²) in [4.78, 5) is 24.4. The summed E-state index contributed by atoms with van der Waals surface area (Å²) < 4.78 is 22.8. The number of hydrogen-bond donors (Lipinski definition) is 0. The van der Waals surface area contributed by atoms with Gasteiger partial charge in [0.1, 0.15) is 0 Å². The van der Waals surface area contributed by atoms with Gasteiger partial charge in [0, 0.05) is 18.9 Å². The fraction of sp³-hybridized carbons (Fsp3) is 0.273. The maximum Gasteiger partial charge on any atom is 0.260 e. The van der Waals surface area contributed by atoms with Crippen molar-refractivity contribution in [2.75, 3.05) is 13.3 Å². The van der Waals surface area contributed by atoms with Gasteiger partial charge in [-0.3, -0.25) is 14.5 Å². The third-order valence-electron chi connectivity index (χ3n) is 2.76. The smallest absolute Gasteiger partial charge is 0.260 e. The van der Waals surface area contributed by atoms with E-state index in [1.807, 2.05) is 0 Å². The maximum absolute atomic E-state index is 11.8. The average molecular weight is 253 g/mol. The molecule has 1 heterocycles. The van der Waals surface area contributed by atoms with E-state index < -0.39 is 15.7 Å². The van der Waals surface area contributed by atoms with Crippen molar-refractivity contribution in [1.82, 2.24) is 4.90 Å². The Kier molecular flexibility index (Phi) is 2.54. The second-order valence-electron chi connectivity index (χ2n) is 4.03. The van der Waals surface area contributed by atoms with Gasteiger partial charge >= 0.3 is 0 Å². The molecule has 0 saturated carbocycles. The van der Waals surface area contributed by atoms with E-state index in [0.29, 0.717) is 5.56 Å². The van der Waals surface area contributed by atoms with Crippen LogP contribution in [0.2, 0.25) is 0 Å². The number of nitrogens with zero attached hydrogens (tertiary/aromatic N) is 1. The largest absolute Gasteiger partial charge is 0.281 e. The minimum Gasteiger partial charge on any atom is -0.281 e. The fourth-order valence-electron chi connectivity index (χ4n) is 1.71. The summed E-state index contributed by atoms with van der Waals surface area (Å²) in [5, 5.41) is 0. The highest BCUT2D eigenvalue weighted by atomic mass is 32.2. The zero-order valence-electron chi connectivity index (χ0n) is 9.43. The summed E-state index contributed by atoms with van der Waals surface area (Å²) in [7, 11) is -1.96. The molecule has 2 amide bonds. The van der Waals surface area contributed by atoms with Crippen LogP contribution in [0.15, 0.2) is 23.1 Å². The predicted molar refractivity (Wildman–Crippen MR) is 60.4 cm³/mol. The van der Waals surface area contributed by atoms with Crippen molar-refractivity contribution in [2.24, 2.45) is 0 Å². The number of imide groups is 1. The maximum atomic E-state index is 11.8. The van der Waals surface area contributed by atoms with Crippen LogP contribution < -0.4 is 0 Å². The molecule has 0 radical (unpaired) electrons. The second-order valence-corrected chi connectivity index (χ2v) is 6.04. The van der Waals surface area contributed by atoms with E-state index in [9.17, 15) is 18.0 Å². The van der Waals surface area contributed by atoms with Crippen LogP contribution in [-0.4, -0.2) is 38.4 Å². The third-order valence-corrected chi connectivity index (χ3v) is 3.87. The van der Waals surface area contributed by atoms with Crippen molar-refractivity contribution in [2.45, 2.75) is 11.3 Å². The first kappa shape index (κ1) is 11.8. The van der Waals surface area contributed by atoms with E-state index in [2.05, 4.69) is 0 Å². The molecule has 1 aliphatic heterocycles. The monoisotopic (exact) mass is 253 g/mol. The molecule has 0 fully saturated rings. The molecule has 17 heavy (non-hydrogen) atoms. The molecule has 0 bridgehead atoms. The van der Waals surface area contributed by atoms with Crippen LogP contribution >= 0.6 is 0 Å². The zero-order chi connectivity index (χ0) is 12.8. The Hall–Kier alpha value is -1.69. The van der Waals surface area contributed by atoms with Crippen molar-refractivity contribution in [3.8, 4) is 0 Å². The highest BCUT2D eigenvalue weighted by Gasteiger charge is 2.28. The van der Waals surface area contributed by atoms with Crippen molar-refractivity contribution < 1.29 is 18.0 Å². The first-order valence-electron chi connectivity index (χ1n) is 4.94. The standard InChI is InChI=1S/C11H11NO4S/c1-12-10(13)5-7-3-4-8(17(2,15)16)6-9(7)11(12)14/h3-4,6H,5H2,1-2H3. The molecule has 0 aromatic heterocycles. The Morgan fingerprint density at radius 2 is 1.88 bits per heavy atom. The highest BCUT2D eigenvalue weighted by Crippen LogP contribution is 2.22. The average Bonchev–Trinajstić information content (AvgIpc) is 2.24. The molecule has 90 valence electrons. The zero-order valence-corrected chi connectivity index (χ0v) is 10.2. The quantitative estimate of drug-likeness (QED) is 0.672. The molecule has 0 saturated heterocycles. The highest BCUT2D eigenvalue weighted by molar-refractivity contribution is 7.90. The van der Waals surface area contributed by atoms with Crippen LogP contribution in [0.5, 0.6) is 0 Å². The Balaban J connectivity index is 2.61. The Morgan fingerprint density at radius 1 is 1.24 bits per heavy atom. The number of carbonyl (C=O) groups is 2. The molecule has 6 heteroatoms. The lowest BCUT2D eigenvalue weighted by Gasteiger charge is -2.23. The van der Waals surface area contributed by atoms with E-state index in [0.717, 1.165) is 11.2 Å². The Morgan fingerprint density at radius 3 is 2.47 bits per heavy atom. The van der Waals surface area contributed by atoms with Crippen molar-refractivity contribution in [3.63, 3.8) is 0 Å². The van der Waals surface area contributed by atoms with Crippen LogP contribution in [0.25, 0.3) is 0 Å². The third kappa shape index (κ3) is 1.95. The van der Waals surface area contributed by atoms with Gasteiger partial charge in [-0.1, -0.05) is 6.07 Å². The molecular weight excluding hydrogens is 242 g/mol. The number of likely N-dealkylation sites (N-methyl/N-ethyl adjacent to an activating group) is 1. The number of hydrogen-bond acceptors (Lipinski definition) is 4. The second kappa shape index (κ2) is 3.66. The van der Waals surface area contributed by atoms with E-state index in [-0.39, 0.29) is 22.8 Å². The van der Waals surface area contributed by atoms with Crippen LogP contribution in [0.3, 0.4) is 0 Å². The van der Waals surface area contributed by atoms with Crippen LogP contribution in [-0.2, 0) is 21.1 Å². The summed E-state index contributed by atoms with van der Waals surface area (Å²) in [5.74, 6) is -0.739. The lowest BCUT2D eigenvalue weighted by atomic mass is 9.99. The number of amides is 2. The van der Waals surface area contributed by atoms with E-state index >= 15 is 0 Å². The van der Waals surface area contributed by atoms with E-state index in [4.69, 9.17) is 0 Å². The number of rotatable bonds is 1. The SMILES string of the molecule is CN1C(=O)Cc2ccc(S(C)(=O)=O)cc2C1=O. The van der Waals surface area contributed by atoms with Crippen molar-refractivity contribution in [1.29, 1.82) is 0 Å².